The minimum atomic E-state index is -5.25. The zero-order valence-corrected chi connectivity index (χ0v) is 11.3. The molecule has 1 aromatic rings. The molecule has 11 heteroatoms. The van der Waals surface area contributed by atoms with Crippen molar-refractivity contribution < 1.29 is 89.4 Å². The van der Waals surface area contributed by atoms with Gasteiger partial charge in [-0.2, -0.15) is 0 Å². The Morgan fingerprint density at radius 3 is 1.42 bits per heavy atom. The molecular weight excluding hydrogens is 261 g/mol. The van der Waals surface area contributed by atoms with Gasteiger partial charge in [-0.05, 0) is 0 Å². The molecule has 0 aliphatic heterocycles. The maximum Gasteiger partial charge on any atom is 1.00 e. The largest absolute Gasteiger partial charge is 1.00 e. The molecule has 0 amide bonds. The molecule has 19 heavy (non-hydrogen) atoms. The van der Waals surface area contributed by atoms with E-state index >= 15 is 0 Å². The normalized spacial score (nSPS) is 9.32. The van der Waals surface area contributed by atoms with Crippen LogP contribution in [0.25, 0.3) is 0 Å². The topological polar surface area (TPSA) is 137 Å². The van der Waals surface area contributed by atoms with Gasteiger partial charge < -0.3 is 24.4 Å². The van der Waals surface area contributed by atoms with Gasteiger partial charge >= 0.3 is 56.6 Å². The number of carbonyl (C=O) groups excluding carboxylic acids is 2. The molecule has 0 aliphatic rings. The summed E-state index contributed by atoms with van der Waals surface area (Å²) in [7, 11) is -5.25. The first-order chi connectivity index (χ1) is 7.25. The van der Waals surface area contributed by atoms with Crippen molar-refractivity contribution >= 4 is 22.1 Å². The zero-order chi connectivity index (χ0) is 12.5. The minimum Gasteiger partial charge on any atom is -0.744 e. The summed E-state index contributed by atoms with van der Waals surface area (Å²) in [4.78, 5) is 19.7. The second-order valence-electron chi connectivity index (χ2n) is 2.71. The van der Waals surface area contributed by atoms with E-state index in [1.165, 1.54) is 0 Å². The molecule has 0 unspecified atom stereocenters. The van der Waals surface area contributed by atoms with Gasteiger partial charge in [0, 0.05) is 11.1 Å². The molecule has 0 heterocycles. The number of aromatic carboxylic acids is 2. The molecule has 0 N–H and O–H groups in total. The second kappa shape index (κ2) is 8.92. The number of carbonyl (C=O) groups is 2. The van der Waals surface area contributed by atoms with Crippen molar-refractivity contribution in [3.63, 3.8) is 0 Å². The fraction of sp³-hybridized carbons (Fsp3) is 0. The Balaban J connectivity index is -0.000000853. The number of rotatable bonds is 3. The molecular formula is C8H3Li3O7S. The monoisotopic (exact) mass is 264 g/mol. The first-order valence-electron chi connectivity index (χ1n) is 3.76. The first kappa shape index (κ1) is 23.9. The zero-order valence-electron chi connectivity index (χ0n) is 10.5. The predicted molar refractivity (Wildman–Crippen MR) is 43.1 cm³/mol. The fourth-order valence-electron chi connectivity index (χ4n) is 1.13. The third-order valence-electron chi connectivity index (χ3n) is 1.70. The summed E-state index contributed by atoms with van der Waals surface area (Å²) >= 11 is 0. The van der Waals surface area contributed by atoms with Gasteiger partial charge in [-0.3, -0.25) is 0 Å². The molecule has 7 nitrogen and oxygen atoms in total. The summed E-state index contributed by atoms with van der Waals surface area (Å²) in [5, 5.41) is 21.0. The molecule has 0 aromatic heterocycles. The Hall–Kier alpha value is -0.138. The molecule has 0 saturated heterocycles. The van der Waals surface area contributed by atoms with E-state index in [1.54, 1.807) is 0 Å². The van der Waals surface area contributed by atoms with Gasteiger partial charge in [0.15, 0.2) is 0 Å². The van der Waals surface area contributed by atoms with E-state index in [0.29, 0.717) is 0 Å². The standard InChI is InChI=1S/C8H6O7S.3Li/c9-7(10)4-2-1-3-5(8(11)12)6(4)16(13,14)15;;;/h1-3H,(H,9,10)(H,11,12)(H,13,14,15);;;/q;3*+1/p-3. The van der Waals surface area contributed by atoms with Gasteiger partial charge in [0.25, 0.3) is 0 Å². The van der Waals surface area contributed by atoms with Gasteiger partial charge in [-0.25, -0.2) is 8.42 Å². The van der Waals surface area contributed by atoms with Crippen LogP contribution in [0.1, 0.15) is 20.7 Å². The van der Waals surface area contributed by atoms with Crippen LogP contribution in [0.2, 0.25) is 0 Å². The Kier molecular flexibility index (Phi) is 11.2. The summed E-state index contributed by atoms with van der Waals surface area (Å²) in [6.07, 6.45) is 0. The number of carboxylic acid groups (broad SMARTS) is 2. The predicted octanol–water partition coefficient (Wildman–Crippen LogP) is -11.7. The molecule has 0 fully saturated rings. The third-order valence-corrected chi connectivity index (χ3v) is 2.64. The van der Waals surface area contributed by atoms with Crippen molar-refractivity contribution in [1.29, 1.82) is 0 Å². The minimum absolute atomic E-state index is 0. The van der Waals surface area contributed by atoms with Crippen LogP contribution in [0, 0.1) is 0 Å². The van der Waals surface area contributed by atoms with Crippen molar-refractivity contribution in [2.24, 2.45) is 0 Å². The van der Waals surface area contributed by atoms with Crippen LogP contribution in [0.15, 0.2) is 23.1 Å². The van der Waals surface area contributed by atoms with E-state index in [-0.39, 0.29) is 56.6 Å². The average Bonchev–Trinajstić information content (AvgIpc) is 2.15. The van der Waals surface area contributed by atoms with Gasteiger partial charge in [0.2, 0.25) is 0 Å². The summed E-state index contributed by atoms with van der Waals surface area (Å²) < 4.78 is 32.2. The van der Waals surface area contributed by atoms with Crippen LogP contribution in [0.4, 0.5) is 0 Å². The summed E-state index contributed by atoms with van der Waals surface area (Å²) in [6.45, 7) is 0. The van der Waals surface area contributed by atoms with Gasteiger partial charge in [-0.1, -0.05) is 18.2 Å². The molecule has 0 radical (unpaired) electrons. The molecule has 0 bridgehead atoms. The van der Waals surface area contributed by atoms with Gasteiger partial charge in [0.1, 0.15) is 10.1 Å². The second-order valence-corrected chi connectivity index (χ2v) is 4.03. The smallest absolute Gasteiger partial charge is 0.744 e. The van der Waals surface area contributed by atoms with Crippen LogP contribution in [0.5, 0.6) is 0 Å². The molecule has 1 rings (SSSR count). The van der Waals surface area contributed by atoms with Gasteiger partial charge in [0.05, 0.1) is 16.8 Å². The van der Waals surface area contributed by atoms with E-state index in [0.717, 1.165) is 18.2 Å². The maximum atomic E-state index is 10.7. The molecule has 0 saturated carbocycles. The SMILES string of the molecule is O=C([O-])c1cccc(C(=O)[O-])c1S(=O)(=O)[O-].[Li+].[Li+].[Li+]. The molecule has 0 spiro atoms. The van der Waals surface area contributed by atoms with E-state index in [4.69, 9.17) is 0 Å². The van der Waals surface area contributed by atoms with Crippen LogP contribution in [-0.4, -0.2) is 24.9 Å². The van der Waals surface area contributed by atoms with Crippen molar-refractivity contribution in [2.45, 2.75) is 4.90 Å². The molecule has 0 atom stereocenters. The fourth-order valence-corrected chi connectivity index (χ4v) is 1.97. The van der Waals surface area contributed by atoms with Crippen LogP contribution in [-0.2, 0) is 10.1 Å². The van der Waals surface area contributed by atoms with Crippen molar-refractivity contribution in [3.8, 4) is 0 Å². The maximum absolute atomic E-state index is 10.7. The Labute approximate surface area is 145 Å². The van der Waals surface area contributed by atoms with Gasteiger partial charge in [-0.15, -0.1) is 0 Å². The van der Waals surface area contributed by atoms with E-state index in [2.05, 4.69) is 0 Å². The average molecular weight is 264 g/mol. The van der Waals surface area contributed by atoms with Crippen LogP contribution < -0.4 is 66.8 Å². The molecule has 0 aliphatic carbocycles. The molecule has 1 aromatic carbocycles. The van der Waals surface area contributed by atoms with Crippen LogP contribution >= 0.6 is 0 Å². The summed E-state index contributed by atoms with van der Waals surface area (Å²) in [5.41, 5.74) is -2.01. The van der Waals surface area contributed by atoms with E-state index in [9.17, 15) is 32.8 Å². The Morgan fingerprint density at radius 1 is 0.895 bits per heavy atom. The van der Waals surface area contributed by atoms with E-state index < -0.39 is 38.1 Å². The third kappa shape index (κ3) is 5.79. The Bertz CT molecular complexity index is 537. The molecule has 86 valence electrons. The number of carboxylic acids is 2. The first-order valence-corrected chi connectivity index (χ1v) is 5.17. The van der Waals surface area contributed by atoms with Crippen molar-refractivity contribution in [2.75, 3.05) is 0 Å². The van der Waals surface area contributed by atoms with E-state index in [1.807, 2.05) is 0 Å². The number of benzene rings is 1. The quantitative estimate of drug-likeness (QED) is 0.390. The number of hydrogen-bond acceptors (Lipinski definition) is 7. The van der Waals surface area contributed by atoms with Crippen LogP contribution in [0.3, 0.4) is 0 Å². The number of hydrogen-bond donors (Lipinski definition) is 0. The summed E-state index contributed by atoms with van der Waals surface area (Å²) in [5.74, 6) is -3.92. The Morgan fingerprint density at radius 2 is 1.21 bits per heavy atom. The summed E-state index contributed by atoms with van der Waals surface area (Å²) in [6, 6.07) is 2.48. The van der Waals surface area contributed by atoms with Crippen molar-refractivity contribution in [3.05, 3.63) is 29.3 Å². The van der Waals surface area contributed by atoms with Crippen molar-refractivity contribution in [1.82, 2.24) is 0 Å².